The highest BCUT2D eigenvalue weighted by Crippen LogP contribution is 2.17. The maximum absolute atomic E-state index is 11.1. The summed E-state index contributed by atoms with van der Waals surface area (Å²) in [5.41, 5.74) is 0. The third kappa shape index (κ3) is 2.18. The highest BCUT2D eigenvalue weighted by molar-refractivity contribution is 7.91. The molecule has 0 spiro atoms. The standard InChI is InChI=1S/C7H14OS/c1-7-5-3-2-4-6-9(7)8/h7H,2-6H2,1H3. The van der Waals surface area contributed by atoms with Gasteiger partial charge in [-0.15, -0.1) is 0 Å². The zero-order chi connectivity index (χ0) is 6.69. The van der Waals surface area contributed by atoms with Crippen LogP contribution in [0.3, 0.4) is 0 Å². The van der Waals surface area contributed by atoms with Crippen LogP contribution in [0.4, 0.5) is 0 Å². The molecule has 0 aromatic heterocycles. The van der Waals surface area contributed by atoms with Crippen molar-refractivity contribution in [3.05, 3.63) is 0 Å². The summed E-state index contributed by atoms with van der Waals surface area (Å²) >= 11 is -0.502. The first-order valence-corrected chi connectivity index (χ1v) is 5.06. The lowest BCUT2D eigenvalue weighted by Gasteiger charge is -2.13. The minimum absolute atomic E-state index is 0.465. The van der Waals surface area contributed by atoms with Crippen molar-refractivity contribution in [1.29, 1.82) is 0 Å². The largest absolute Gasteiger partial charge is 0.616 e. The van der Waals surface area contributed by atoms with Crippen LogP contribution in [-0.2, 0) is 11.2 Å². The molecule has 1 fully saturated rings. The first-order chi connectivity index (χ1) is 4.30. The Morgan fingerprint density at radius 2 is 2.11 bits per heavy atom. The molecule has 1 heterocycles. The van der Waals surface area contributed by atoms with Crippen LogP contribution >= 0.6 is 0 Å². The Morgan fingerprint density at radius 1 is 1.33 bits per heavy atom. The average Bonchev–Trinajstić information content (AvgIpc) is 1.99. The molecule has 2 unspecified atom stereocenters. The maximum atomic E-state index is 11.1. The van der Waals surface area contributed by atoms with Crippen molar-refractivity contribution in [1.82, 2.24) is 0 Å². The Balaban J connectivity index is 2.32. The van der Waals surface area contributed by atoms with Crippen LogP contribution in [0.5, 0.6) is 0 Å². The molecule has 0 N–H and O–H groups in total. The Labute approximate surface area is 60.0 Å². The highest BCUT2D eigenvalue weighted by Gasteiger charge is 2.18. The first kappa shape index (κ1) is 7.42. The summed E-state index contributed by atoms with van der Waals surface area (Å²) in [5, 5.41) is 0.465. The summed E-state index contributed by atoms with van der Waals surface area (Å²) in [6.07, 6.45) is 4.92. The van der Waals surface area contributed by atoms with Crippen LogP contribution in [0.15, 0.2) is 0 Å². The third-order valence-corrected chi connectivity index (χ3v) is 3.73. The second-order valence-corrected chi connectivity index (χ2v) is 4.72. The van der Waals surface area contributed by atoms with Gasteiger partial charge in [-0.1, -0.05) is 11.2 Å². The molecule has 1 saturated heterocycles. The van der Waals surface area contributed by atoms with Crippen molar-refractivity contribution in [3.63, 3.8) is 0 Å². The van der Waals surface area contributed by atoms with E-state index >= 15 is 0 Å². The SMILES string of the molecule is CC1CCCCC[S+]1[O-]. The van der Waals surface area contributed by atoms with E-state index < -0.39 is 11.2 Å². The van der Waals surface area contributed by atoms with Crippen LogP contribution in [0.25, 0.3) is 0 Å². The smallest absolute Gasteiger partial charge is 0.112 e. The zero-order valence-electron chi connectivity index (χ0n) is 5.93. The molecule has 0 radical (unpaired) electrons. The van der Waals surface area contributed by atoms with Crippen molar-refractivity contribution in [2.45, 2.75) is 37.9 Å². The Kier molecular flexibility index (Phi) is 2.86. The number of hydrogen-bond donors (Lipinski definition) is 0. The fraction of sp³-hybridized carbons (Fsp3) is 1.00. The lowest BCUT2D eigenvalue weighted by molar-refractivity contribution is 0.580. The molecule has 0 bridgehead atoms. The van der Waals surface area contributed by atoms with Crippen molar-refractivity contribution in [2.75, 3.05) is 5.75 Å². The lowest BCUT2D eigenvalue weighted by Crippen LogP contribution is -2.18. The van der Waals surface area contributed by atoms with Gasteiger partial charge in [-0.2, -0.15) is 0 Å². The third-order valence-electron chi connectivity index (χ3n) is 1.90. The van der Waals surface area contributed by atoms with Crippen LogP contribution < -0.4 is 0 Å². The fourth-order valence-electron chi connectivity index (χ4n) is 1.19. The van der Waals surface area contributed by atoms with E-state index in [1.165, 1.54) is 25.7 Å². The van der Waals surface area contributed by atoms with E-state index in [1.807, 2.05) is 0 Å². The summed E-state index contributed by atoms with van der Waals surface area (Å²) in [5.74, 6) is 0.946. The number of rotatable bonds is 0. The van der Waals surface area contributed by atoms with Gasteiger partial charge in [-0.25, -0.2) is 0 Å². The van der Waals surface area contributed by atoms with E-state index in [9.17, 15) is 4.55 Å². The van der Waals surface area contributed by atoms with Gasteiger partial charge in [0.25, 0.3) is 0 Å². The molecule has 1 aliphatic heterocycles. The van der Waals surface area contributed by atoms with Gasteiger partial charge >= 0.3 is 0 Å². The van der Waals surface area contributed by atoms with Gasteiger partial charge in [0.05, 0.1) is 0 Å². The quantitative estimate of drug-likeness (QED) is 0.477. The van der Waals surface area contributed by atoms with Crippen molar-refractivity contribution < 1.29 is 4.55 Å². The molecule has 0 aliphatic carbocycles. The molecule has 2 atom stereocenters. The zero-order valence-corrected chi connectivity index (χ0v) is 6.75. The maximum Gasteiger partial charge on any atom is 0.112 e. The predicted molar refractivity (Wildman–Crippen MR) is 40.9 cm³/mol. The van der Waals surface area contributed by atoms with E-state index in [4.69, 9.17) is 0 Å². The molecule has 54 valence electrons. The minimum atomic E-state index is -0.502. The average molecular weight is 146 g/mol. The predicted octanol–water partition coefficient (Wildman–Crippen LogP) is 1.70. The Morgan fingerprint density at radius 3 is 2.89 bits per heavy atom. The minimum Gasteiger partial charge on any atom is -0.616 e. The molecule has 0 aromatic rings. The van der Waals surface area contributed by atoms with Gasteiger partial charge < -0.3 is 4.55 Å². The second-order valence-electron chi connectivity index (χ2n) is 2.74. The second kappa shape index (κ2) is 3.47. The van der Waals surface area contributed by atoms with Crippen molar-refractivity contribution in [2.24, 2.45) is 0 Å². The highest BCUT2D eigenvalue weighted by atomic mass is 32.2. The summed E-state index contributed by atoms with van der Waals surface area (Å²) in [6.45, 7) is 2.10. The number of hydrogen-bond acceptors (Lipinski definition) is 1. The van der Waals surface area contributed by atoms with Gasteiger partial charge in [0.1, 0.15) is 11.0 Å². The normalized spacial score (nSPS) is 38.0. The van der Waals surface area contributed by atoms with E-state index in [2.05, 4.69) is 6.92 Å². The van der Waals surface area contributed by atoms with Gasteiger partial charge in [-0.05, 0) is 32.6 Å². The first-order valence-electron chi connectivity index (χ1n) is 3.68. The molecule has 2 heteroatoms. The fourth-order valence-corrected chi connectivity index (χ4v) is 2.51. The monoisotopic (exact) mass is 146 g/mol. The molecule has 1 aliphatic rings. The van der Waals surface area contributed by atoms with Crippen LogP contribution in [-0.4, -0.2) is 15.6 Å². The van der Waals surface area contributed by atoms with Crippen molar-refractivity contribution in [3.8, 4) is 0 Å². The summed E-state index contributed by atoms with van der Waals surface area (Å²) in [4.78, 5) is 0. The van der Waals surface area contributed by atoms with E-state index in [-0.39, 0.29) is 0 Å². The lowest BCUT2D eigenvalue weighted by atomic mass is 10.2. The summed E-state index contributed by atoms with van der Waals surface area (Å²) in [6, 6.07) is 0. The molecule has 1 nitrogen and oxygen atoms in total. The van der Waals surface area contributed by atoms with Crippen LogP contribution in [0.2, 0.25) is 0 Å². The molecule has 0 aromatic carbocycles. The van der Waals surface area contributed by atoms with E-state index in [0.717, 1.165) is 5.75 Å². The van der Waals surface area contributed by atoms with Crippen LogP contribution in [0, 0.1) is 0 Å². The molecular formula is C7H14OS. The van der Waals surface area contributed by atoms with Gasteiger partial charge in [-0.3, -0.25) is 0 Å². The summed E-state index contributed by atoms with van der Waals surface area (Å²) in [7, 11) is 0. The van der Waals surface area contributed by atoms with Crippen molar-refractivity contribution >= 4 is 11.2 Å². The van der Waals surface area contributed by atoms with E-state index in [0.29, 0.717) is 5.25 Å². The summed E-state index contributed by atoms with van der Waals surface area (Å²) < 4.78 is 11.1. The van der Waals surface area contributed by atoms with Crippen LogP contribution in [0.1, 0.15) is 32.6 Å². The molecule has 0 saturated carbocycles. The Bertz CT molecular complexity index is 75.0. The molecular weight excluding hydrogens is 132 g/mol. The van der Waals surface area contributed by atoms with E-state index in [1.54, 1.807) is 0 Å². The topological polar surface area (TPSA) is 23.1 Å². The Hall–Kier alpha value is 0.310. The van der Waals surface area contributed by atoms with Gasteiger partial charge in [0.2, 0.25) is 0 Å². The van der Waals surface area contributed by atoms with Gasteiger partial charge in [0.15, 0.2) is 0 Å². The molecule has 9 heavy (non-hydrogen) atoms. The molecule has 0 amide bonds. The van der Waals surface area contributed by atoms with Gasteiger partial charge in [0, 0.05) is 0 Å². The molecule has 1 rings (SSSR count).